The first kappa shape index (κ1) is 17.1. The van der Waals surface area contributed by atoms with Gasteiger partial charge in [-0.25, -0.2) is 0 Å². The Kier molecular flexibility index (Phi) is 4.47. The summed E-state index contributed by atoms with van der Waals surface area (Å²) >= 11 is 0. The van der Waals surface area contributed by atoms with Crippen molar-refractivity contribution in [1.82, 2.24) is 14.4 Å². The summed E-state index contributed by atoms with van der Waals surface area (Å²) in [6.45, 7) is 3.03. The van der Waals surface area contributed by atoms with E-state index in [4.69, 9.17) is 0 Å². The number of phenols is 1. The van der Waals surface area contributed by atoms with Gasteiger partial charge in [-0.3, -0.25) is 4.90 Å². The standard InChI is InChI=1S/C22H27N3O/c1-23(2)22-15-25(12-16-8-10-17(26)11-9-16)14-20(22)19-13-24(3)21-7-5-4-6-18(19)21/h4-11,13,20,22,26H,12,14-15H2,1-3H3/t20-,22+/m0/s1. The lowest BCUT2D eigenvalue weighted by Gasteiger charge is -2.25. The fourth-order valence-corrected chi connectivity index (χ4v) is 4.35. The molecule has 0 bridgehead atoms. The number of fused-ring (bicyclic) bond motifs is 1. The molecule has 0 amide bonds. The molecule has 0 spiro atoms. The molecule has 2 heterocycles. The average molecular weight is 349 g/mol. The number of likely N-dealkylation sites (tertiary alicyclic amines) is 1. The lowest BCUT2D eigenvalue weighted by Crippen LogP contribution is -2.34. The zero-order valence-corrected chi connectivity index (χ0v) is 15.8. The molecular weight excluding hydrogens is 322 g/mol. The van der Waals surface area contributed by atoms with Crippen LogP contribution in [-0.2, 0) is 13.6 Å². The minimum Gasteiger partial charge on any atom is -0.508 e. The summed E-state index contributed by atoms with van der Waals surface area (Å²) in [5.74, 6) is 0.822. The summed E-state index contributed by atoms with van der Waals surface area (Å²) in [4.78, 5) is 4.90. The fourth-order valence-electron chi connectivity index (χ4n) is 4.35. The van der Waals surface area contributed by atoms with E-state index in [1.54, 1.807) is 12.1 Å². The molecule has 3 aromatic rings. The maximum atomic E-state index is 9.50. The Balaban J connectivity index is 1.63. The summed E-state index contributed by atoms with van der Waals surface area (Å²) in [5.41, 5.74) is 4.01. The molecule has 2 aromatic carbocycles. The molecule has 2 atom stereocenters. The van der Waals surface area contributed by atoms with E-state index in [0.29, 0.717) is 17.7 Å². The summed E-state index contributed by atoms with van der Waals surface area (Å²) < 4.78 is 2.25. The maximum absolute atomic E-state index is 9.50. The highest BCUT2D eigenvalue weighted by Gasteiger charge is 2.36. The first-order chi connectivity index (χ1) is 12.5. The van der Waals surface area contributed by atoms with Crippen molar-refractivity contribution in [3.05, 3.63) is 65.9 Å². The summed E-state index contributed by atoms with van der Waals surface area (Å²) in [6.07, 6.45) is 2.32. The Hall–Kier alpha value is -2.30. The van der Waals surface area contributed by atoms with Crippen molar-refractivity contribution in [2.45, 2.75) is 18.5 Å². The summed E-state index contributed by atoms with van der Waals surface area (Å²) in [7, 11) is 6.51. The molecule has 4 nitrogen and oxygen atoms in total. The first-order valence-electron chi connectivity index (χ1n) is 9.23. The number of benzene rings is 2. The number of aromatic hydroxyl groups is 1. The van der Waals surface area contributed by atoms with Crippen LogP contribution in [0.15, 0.2) is 54.7 Å². The van der Waals surface area contributed by atoms with Gasteiger partial charge in [-0.1, -0.05) is 30.3 Å². The van der Waals surface area contributed by atoms with Crippen molar-refractivity contribution in [3.8, 4) is 5.75 Å². The number of rotatable bonds is 4. The van der Waals surface area contributed by atoms with E-state index in [9.17, 15) is 5.11 Å². The minimum atomic E-state index is 0.329. The van der Waals surface area contributed by atoms with Crippen LogP contribution in [0.25, 0.3) is 10.9 Å². The molecule has 26 heavy (non-hydrogen) atoms. The van der Waals surface area contributed by atoms with Crippen molar-refractivity contribution >= 4 is 10.9 Å². The molecule has 4 heteroatoms. The number of phenolic OH excluding ortho intramolecular Hbond substituents is 1. The second-order valence-electron chi connectivity index (χ2n) is 7.71. The van der Waals surface area contributed by atoms with E-state index in [-0.39, 0.29) is 0 Å². The van der Waals surface area contributed by atoms with Gasteiger partial charge in [-0.2, -0.15) is 0 Å². The number of hydrogen-bond donors (Lipinski definition) is 1. The second-order valence-corrected chi connectivity index (χ2v) is 7.71. The molecule has 0 unspecified atom stereocenters. The second kappa shape index (κ2) is 6.78. The van der Waals surface area contributed by atoms with Crippen LogP contribution in [0.2, 0.25) is 0 Å². The van der Waals surface area contributed by atoms with Crippen LogP contribution in [0.1, 0.15) is 17.0 Å². The van der Waals surface area contributed by atoms with Gasteiger partial charge < -0.3 is 14.6 Å². The Bertz CT molecular complexity index is 897. The van der Waals surface area contributed by atoms with Gasteiger partial charge in [0, 0.05) is 55.7 Å². The van der Waals surface area contributed by atoms with Crippen molar-refractivity contribution in [1.29, 1.82) is 0 Å². The monoisotopic (exact) mass is 349 g/mol. The van der Waals surface area contributed by atoms with E-state index in [0.717, 1.165) is 19.6 Å². The van der Waals surface area contributed by atoms with Gasteiger partial charge in [-0.05, 0) is 43.4 Å². The molecular formula is C22H27N3O. The molecule has 1 fully saturated rings. The topological polar surface area (TPSA) is 31.6 Å². The third-order valence-electron chi connectivity index (χ3n) is 5.70. The molecule has 136 valence electrons. The number of nitrogens with zero attached hydrogens (tertiary/aromatic N) is 3. The van der Waals surface area contributed by atoms with Crippen LogP contribution in [0.4, 0.5) is 0 Å². The largest absolute Gasteiger partial charge is 0.508 e. The molecule has 0 saturated carbocycles. The van der Waals surface area contributed by atoms with E-state index < -0.39 is 0 Å². The minimum absolute atomic E-state index is 0.329. The lowest BCUT2D eigenvalue weighted by atomic mass is 9.93. The molecule has 1 saturated heterocycles. The fraction of sp³-hybridized carbons (Fsp3) is 0.364. The third kappa shape index (κ3) is 3.11. The predicted molar refractivity (Wildman–Crippen MR) is 107 cm³/mol. The lowest BCUT2D eigenvalue weighted by molar-refractivity contribution is 0.260. The average Bonchev–Trinajstić information content (AvgIpc) is 3.19. The molecule has 0 radical (unpaired) electrons. The highest BCUT2D eigenvalue weighted by Crippen LogP contribution is 2.36. The van der Waals surface area contributed by atoms with E-state index >= 15 is 0 Å². The van der Waals surface area contributed by atoms with E-state index in [1.165, 1.54) is 22.0 Å². The van der Waals surface area contributed by atoms with Crippen LogP contribution in [0, 0.1) is 0 Å². The number of aromatic nitrogens is 1. The molecule has 1 N–H and O–H groups in total. The number of hydrogen-bond acceptors (Lipinski definition) is 3. The van der Waals surface area contributed by atoms with E-state index in [2.05, 4.69) is 66.0 Å². The van der Waals surface area contributed by atoms with Crippen LogP contribution in [0.5, 0.6) is 5.75 Å². The van der Waals surface area contributed by atoms with E-state index in [1.807, 2.05) is 12.1 Å². The molecule has 0 aliphatic carbocycles. The van der Waals surface area contributed by atoms with Crippen LogP contribution >= 0.6 is 0 Å². The zero-order valence-electron chi connectivity index (χ0n) is 15.8. The van der Waals surface area contributed by atoms with Gasteiger partial charge >= 0.3 is 0 Å². The Morgan fingerprint density at radius 2 is 1.77 bits per heavy atom. The Morgan fingerprint density at radius 1 is 1.04 bits per heavy atom. The summed E-state index contributed by atoms with van der Waals surface area (Å²) in [5, 5.41) is 10.9. The zero-order chi connectivity index (χ0) is 18.3. The first-order valence-corrected chi connectivity index (χ1v) is 9.23. The number of aryl methyl sites for hydroxylation is 1. The predicted octanol–water partition coefficient (Wildman–Crippen LogP) is 3.41. The summed E-state index contributed by atoms with van der Waals surface area (Å²) in [6, 6.07) is 16.8. The normalized spacial score (nSPS) is 21.1. The quantitative estimate of drug-likeness (QED) is 0.783. The molecule has 1 aliphatic heterocycles. The highest BCUT2D eigenvalue weighted by atomic mass is 16.3. The van der Waals surface area contributed by atoms with Crippen LogP contribution in [0.3, 0.4) is 0 Å². The van der Waals surface area contributed by atoms with Crippen molar-refractivity contribution in [2.24, 2.45) is 7.05 Å². The molecule has 4 rings (SSSR count). The van der Waals surface area contributed by atoms with Gasteiger partial charge in [0.2, 0.25) is 0 Å². The SMILES string of the molecule is CN(C)[C@@H]1CN(Cc2ccc(O)cc2)C[C@H]1c1cn(C)c2ccccc12. The Morgan fingerprint density at radius 3 is 2.50 bits per heavy atom. The smallest absolute Gasteiger partial charge is 0.115 e. The Labute approximate surface area is 155 Å². The number of para-hydroxylation sites is 1. The van der Waals surface area contributed by atoms with Crippen molar-refractivity contribution in [2.75, 3.05) is 27.2 Å². The third-order valence-corrected chi connectivity index (χ3v) is 5.70. The van der Waals surface area contributed by atoms with Gasteiger partial charge in [0.25, 0.3) is 0 Å². The van der Waals surface area contributed by atoms with Gasteiger partial charge in [0.15, 0.2) is 0 Å². The molecule has 1 aromatic heterocycles. The van der Waals surface area contributed by atoms with Crippen LogP contribution in [-0.4, -0.2) is 52.7 Å². The van der Waals surface area contributed by atoms with Crippen molar-refractivity contribution < 1.29 is 5.11 Å². The van der Waals surface area contributed by atoms with Gasteiger partial charge in [0.1, 0.15) is 5.75 Å². The van der Waals surface area contributed by atoms with Gasteiger partial charge in [-0.15, -0.1) is 0 Å². The number of likely N-dealkylation sites (N-methyl/N-ethyl adjacent to an activating group) is 1. The molecule has 1 aliphatic rings. The highest BCUT2D eigenvalue weighted by molar-refractivity contribution is 5.84. The maximum Gasteiger partial charge on any atom is 0.115 e. The van der Waals surface area contributed by atoms with Gasteiger partial charge in [0.05, 0.1) is 0 Å². The van der Waals surface area contributed by atoms with Crippen LogP contribution < -0.4 is 0 Å². The van der Waals surface area contributed by atoms with Crippen molar-refractivity contribution in [3.63, 3.8) is 0 Å².